The van der Waals surface area contributed by atoms with E-state index < -0.39 is 0 Å². The molecule has 0 radical (unpaired) electrons. The number of hydrogen-bond acceptors (Lipinski definition) is 3. The normalized spacial score (nSPS) is 11.8. The molecule has 3 aromatic heterocycles. The molecule has 52 heavy (non-hydrogen) atoms. The summed E-state index contributed by atoms with van der Waals surface area (Å²) in [7, 11) is 0. The van der Waals surface area contributed by atoms with E-state index in [9.17, 15) is 0 Å². The second-order valence-electron chi connectivity index (χ2n) is 13.7. The van der Waals surface area contributed by atoms with Crippen molar-refractivity contribution in [1.29, 1.82) is 0 Å². The molecule has 0 aliphatic rings. The van der Waals surface area contributed by atoms with Crippen LogP contribution in [-0.4, -0.2) is 15.0 Å². The molecule has 0 saturated heterocycles. The zero-order valence-corrected chi connectivity index (χ0v) is 28.1. The van der Waals surface area contributed by atoms with E-state index in [0.29, 0.717) is 0 Å². The van der Waals surface area contributed by atoms with Gasteiger partial charge in [-0.15, -0.1) is 0 Å². The molecule has 0 saturated carbocycles. The second kappa shape index (κ2) is 11.3. The summed E-state index contributed by atoms with van der Waals surface area (Å²) < 4.78 is 0. The van der Waals surface area contributed by atoms with E-state index in [2.05, 4.69) is 154 Å². The number of aromatic nitrogens is 3. The average molecular weight is 660 g/mol. The van der Waals surface area contributed by atoms with Crippen LogP contribution in [-0.2, 0) is 0 Å². The SMILES string of the molecule is c1cnc2cc(-c3ccc4ccc5c(-c6cc(-c7cncc8ccccc78)cc(-c7cncc8ccccc78)c6)ccc6ccc3c4c65)ccc2c1. The summed E-state index contributed by atoms with van der Waals surface area (Å²) >= 11 is 0. The Morgan fingerprint density at radius 2 is 0.808 bits per heavy atom. The third-order valence-corrected chi connectivity index (χ3v) is 10.8. The van der Waals surface area contributed by atoms with Crippen molar-refractivity contribution in [1.82, 2.24) is 15.0 Å². The summed E-state index contributed by atoms with van der Waals surface area (Å²) in [5.74, 6) is 0. The molecule has 3 nitrogen and oxygen atoms in total. The molecule has 0 amide bonds. The van der Waals surface area contributed by atoms with E-state index in [1.807, 2.05) is 37.1 Å². The molecule has 0 N–H and O–H groups in total. The number of hydrogen-bond donors (Lipinski definition) is 0. The minimum absolute atomic E-state index is 1.01. The van der Waals surface area contributed by atoms with E-state index >= 15 is 0 Å². The number of rotatable bonds is 4. The van der Waals surface area contributed by atoms with E-state index in [1.54, 1.807) is 0 Å². The van der Waals surface area contributed by atoms with Crippen LogP contribution in [0.1, 0.15) is 0 Å². The lowest BCUT2D eigenvalue weighted by Gasteiger charge is -2.18. The number of nitrogens with zero attached hydrogens (tertiary/aromatic N) is 3. The van der Waals surface area contributed by atoms with Gasteiger partial charge in [-0.1, -0.05) is 115 Å². The molecule has 11 aromatic rings. The van der Waals surface area contributed by atoms with Crippen LogP contribution >= 0.6 is 0 Å². The van der Waals surface area contributed by atoms with E-state index in [4.69, 9.17) is 0 Å². The Morgan fingerprint density at radius 1 is 0.308 bits per heavy atom. The molecular formula is C49H29N3. The zero-order valence-electron chi connectivity index (χ0n) is 28.1. The molecule has 240 valence electrons. The van der Waals surface area contributed by atoms with Crippen molar-refractivity contribution in [3.8, 4) is 44.5 Å². The summed E-state index contributed by atoms with van der Waals surface area (Å²) in [4.78, 5) is 14.0. The molecule has 3 heteroatoms. The van der Waals surface area contributed by atoms with Crippen LogP contribution < -0.4 is 0 Å². The number of benzene rings is 8. The number of fused-ring (bicyclic) bond motifs is 3. The summed E-state index contributed by atoms with van der Waals surface area (Å²) in [5.41, 5.74) is 10.2. The van der Waals surface area contributed by atoms with Crippen LogP contribution in [0.2, 0.25) is 0 Å². The maximum Gasteiger partial charge on any atom is 0.0708 e. The van der Waals surface area contributed by atoms with Crippen LogP contribution in [0.25, 0.3) is 109 Å². The highest BCUT2D eigenvalue weighted by Crippen LogP contribution is 2.44. The van der Waals surface area contributed by atoms with Gasteiger partial charge in [-0.2, -0.15) is 0 Å². The molecule has 0 unspecified atom stereocenters. The van der Waals surface area contributed by atoms with Crippen molar-refractivity contribution in [2.75, 3.05) is 0 Å². The fourth-order valence-corrected chi connectivity index (χ4v) is 8.33. The Bertz CT molecular complexity index is 3090. The van der Waals surface area contributed by atoms with Gasteiger partial charge in [0.05, 0.1) is 5.52 Å². The summed E-state index contributed by atoms with van der Waals surface area (Å²) in [6.45, 7) is 0. The van der Waals surface area contributed by atoms with Crippen LogP contribution in [0.4, 0.5) is 0 Å². The Labute approximate surface area is 299 Å². The van der Waals surface area contributed by atoms with Gasteiger partial charge >= 0.3 is 0 Å². The van der Waals surface area contributed by atoms with Gasteiger partial charge in [-0.3, -0.25) is 15.0 Å². The number of pyridine rings is 3. The molecule has 0 aliphatic carbocycles. The lowest BCUT2D eigenvalue weighted by molar-refractivity contribution is 1.36. The summed E-state index contributed by atoms with van der Waals surface area (Å²) in [6.07, 6.45) is 9.76. The van der Waals surface area contributed by atoms with Gasteiger partial charge in [0.1, 0.15) is 0 Å². The lowest BCUT2D eigenvalue weighted by atomic mass is 9.86. The van der Waals surface area contributed by atoms with Crippen LogP contribution in [0, 0.1) is 0 Å². The lowest BCUT2D eigenvalue weighted by Crippen LogP contribution is -1.92. The van der Waals surface area contributed by atoms with Crippen molar-refractivity contribution in [3.05, 3.63) is 177 Å². The monoisotopic (exact) mass is 659 g/mol. The minimum Gasteiger partial charge on any atom is -0.263 e. The first-order valence-electron chi connectivity index (χ1n) is 17.6. The summed E-state index contributed by atoms with van der Waals surface area (Å²) in [6, 6.07) is 53.0. The van der Waals surface area contributed by atoms with Gasteiger partial charge in [0.2, 0.25) is 0 Å². The fourth-order valence-electron chi connectivity index (χ4n) is 8.33. The van der Waals surface area contributed by atoms with Crippen molar-refractivity contribution < 1.29 is 0 Å². The van der Waals surface area contributed by atoms with Crippen LogP contribution in [0.3, 0.4) is 0 Å². The average Bonchev–Trinajstić information content (AvgIpc) is 3.22. The van der Waals surface area contributed by atoms with E-state index in [-0.39, 0.29) is 0 Å². The highest BCUT2D eigenvalue weighted by molar-refractivity contribution is 6.27. The molecule has 0 aliphatic heterocycles. The van der Waals surface area contributed by atoms with Crippen molar-refractivity contribution in [2.45, 2.75) is 0 Å². The van der Waals surface area contributed by atoms with E-state index in [1.165, 1.54) is 59.8 Å². The molecule has 11 rings (SSSR count). The van der Waals surface area contributed by atoms with Gasteiger partial charge in [-0.25, -0.2) is 0 Å². The highest BCUT2D eigenvalue weighted by atomic mass is 14.6. The molecule has 8 aromatic carbocycles. The maximum absolute atomic E-state index is 4.68. The second-order valence-corrected chi connectivity index (χ2v) is 13.7. The van der Waals surface area contributed by atoms with Gasteiger partial charge in [0, 0.05) is 58.3 Å². The molecule has 3 heterocycles. The van der Waals surface area contributed by atoms with Crippen LogP contribution in [0.5, 0.6) is 0 Å². The zero-order chi connectivity index (χ0) is 34.2. The summed E-state index contributed by atoms with van der Waals surface area (Å²) in [5, 5.41) is 13.3. The van der Waals surface area contributed by atoms with Gasteiger partial charge in [-0.05, 0) is 107 Å². The standard InChI is InChI=1S/C49H29N3/c1-3-9-39-34(6-1)26-50-28-45(39)37-22-36(23-38(24-37)46-29-51-27-35-7-2-4-10-40(35)46)42-18-14-32-15-19-43-41(17-13-31-16-20-44(42)49(32)48(31)43)33-12-11-30-8-5-21-52-47(30)25-33/h1-29H. The first-order chi connectivity index (χ1) is 25.8. The first-order valence-corrected chi connectivity index (χ1v) is 17.6. The largest absolute Gasteiger partial charge is 0.263 e. The Hall–Kier alpha value is -6.97. The minimum atomic E-state index is 1.01. The predicted octanol–water partition coefficient (Wildman–Crippen LogP) is 12.9. The smallest absolute Gasteiger partial charge is 0.0708 e. The Morgan fingerprint density at radius 3 is 1.42 bits per heavy atom. The third kappa shape index (κ3) is 4.43. The van der Waals surface area contributed by atoms with Crippen molar-refractivity contribution >= 4 is 64.8 Å². The van der Waals surface area contributed by atoms with Crippen LogP contribution in [0.15, 0.2) is 177 Å². The van der Waals surface area contributed by atoms with Crippen molar-refractivity contribution in [3.63, 3.8) is 0 Å². The van der Waals surface area contributed by atoms with E-state index in [0.717, 1.165) is 49.5 Å². The predicted molar refractivity (Wildman–Crippen MR) is 218 cm³/mol. The fraction of sp³-hybridized carbons (Fsp3) is 0. The first kappa shape index (κ1) is 28.8. The Kier molecular flexibility index (Phi) is 6.25. The highest BCUT2D eigenvalue weighted by Gasteiger charge is 2.18. The van der Waals surface area contributed by atoms with Crippen molar-refractivity contribution in [2.24, 2.45) is 0 Å². The Balaban J connectivity index is 1.18. The molecule has 0 fully saturated rings. The van der Waals surface area contributed by atoms with Gasteiger partial charge in [0.25, 0.3) is 0 Å². The topological polar surface area (TPSA) is 38.7 Å². The molecule has 0 bridgehead atoms. The molecule has 0 spiro atoms. The maximum atomic E-state index is 4.68. The third-order valence-electron chi connectivity index (χ3n) is 10.8. The quantitative estimate of drug-likeness (QED) is 0.177. The van der Waals surface area contributed by atoms with Gasteiger partial charge < -0.3 is 0 Å². The van der Waals surface area contributed by atoms with Gasteiger partial charge in [0.15, 0.2) is 0 Å². The molecule has 0 atom stereocenters. The molecular weight excluding hydrogens is 631 g/mol.